The molecule has 4 rings (SSSR count). The number of nitrogens with zero attached hydrogens (tertiary/aromatic N) is 4. The van der Waals surface area contributed by atoms with E-state index in [1.807, 2.05) is 27.7 Å². The van der Waals surface area contributed by atoms with E-state index in [1.165, 1.54) is 6.92 Å². The minimum absolute atomic E-state index is 0.0280. The lowest BCUT2D eigenvalue weighted by Gasteiger charge is -2.37. The van der Waals surface area contributed by atoms with Crippen molar-refractivity contribution in [3.8, 4) is 0 Å². The minimum atomic E-state index is -4.54. The maximum absolute atomic E-state index is 14.2. The number of hydrogen-bond acceptors (Lipinski definition) is 10. The lowest BCUT2D eigenvalue weighted by Crippen LogP contribution is -2.48. The highest BCUT2D eigenvalue weighted by Gasteiger charge is 2.43. The number of ether oxygens (including phenoxy) is 1. The van der Waals surface area contributed by atoms with Crippen LogP contribution in [0.4, 0.5) is 13.2 Å². The quantitative estimate of drug-likeness (QED) is 0.156. The van der Waals surface area contributed by atoms with E-state index in [4.69, 9.17) is 4.74 Å². The largest absolute Gasteiger partial charge is 0.455 e. The van der Waals surface area contributed by atoms with Crippen LogP contribution in [0.3, 0.4) is 0 Å². The number of alkyl halides is 3. The Labute approximate surface area is 313 Å². The van der Waals surface area contributed by atoms with Gasteiger partial charge in [0.15, 0.2) is 17.6 Å². The first-order valence-corrected chi connectivity index (χ1v) is 20.2. The Morgan fingerprint density at radius 3 is 2.33 bits per heavy atom. The molecule has 2 fully saturated rings. The minimum Gasteiger partial charge on any atom is -0.455 e. The zero-order valence-electron chi connectivity index (χ0n) is 31.3. The first-order valence-electron chi connectivity index (χ1n) is 18.5. The molecule has 3 heterocycles. The zero-order chi connectivity index (χ0) is 38.3. The summed E-state index contributed by atoms with van der Waals surface area (Å²) in [4.78, 5) is 65.7. The Hall–Kier alpha value is -2.91. The van der Waals surface area contributed by atoms with Gasteiger partial charge in [-0.1, -0.05) is 41.0 Å². The zero-order valence-corrected chi connectivity index (χ0v) is 33.0. The van der Waals surface area contributed by atoms with E-state index in [1.54, 1.807) is 17.3 Å². The Kier molecular flexibility index (Phi) is 14.8. The van der Waals surface area contributed by atoms with Gasteiger partial charge in [0.2, 0.25) is 5.91 Å². The first-order chi connectivity index (χ1) is 24.5. The van der Waals surface area contributed by atoms with Crippen molar-refractivity contribution in [2.45, 2.75) is 130 Å². The second-order valence-electron chi connectivity index (χ2n) is 15.0. The number of halogens is 3. The van der Waals surface area contributed by atoms with Gasteiger partial charge in [-0.15, -0.1) is 22.7 Å². The summed E-state index contributed by atoms with van der Waals surface area (Å²) in [6, 6.07) is -0.973. The van der Waals surface area contributed by atoms with Gasteiger partial charge in [0.1, 0.15) is 10.7 Å². The Balaban J connectivity index is 1.47. The molecule has 0 bridgehead atoms. The summed E-state index contributed by atoms with van der Waals surface area (Å²) in [6.07, 6.45) is 0.502. The Morgan fingerprint density at radius 1 is 1.04 bits per heavy atom. The number of piperidine rings is 1. The Morgan fingerprint density at radius 2 is 1.75 bits per heavy atom. The van der Waals surface area contributed by atoms with Gasteiger partial charge >= 0.3 is 12.1 Å². The number of hydrogen-bond donors (Lipinski definition) is 1. The van der Waals surface area contributed by atoms with Crippen LogP contribution in [0, 0.1) is 23.7 Å². The molecule has 52 heavy (non-hydrogen) atoms. The maximum Gasteiger partial charge on any atom is 0.434 e. The summed E-state index contributed by atoms with van der Waals surface area (Å²) < 4.78 is 45.2. The Bertz CT molecular complexity index is 1520. The van der Waals surface area contributed by atoms with Crippen LogP contribution < -0.4 is 5.32 Å². The summed E-state index contributed by atoms with van der Waals surface area (Å²) >= 11 is 2.07. The number of carbonyl (C=O) groups is 4. The van der Waals surface area contributed by atoms with Crippen LogP contribution in [0.1, 0.15) is 125 Å². The molecule has 1 N–H and O–H groups in total. The van der Waals surface area contributed by atoms with Gasteiger partial charge in [0.05, 0.1) is 11.0 Å². The van der Waals surface area contributed by atoms with Crippen molar-refractivity contribution in [3.05, 3.63) is 32.2 Å². The molecule has 0 radical (unpaired) electrons. The van der Waals surface area contributed by atoms with E-state index in [9.17, 15) is 32.3 Å². The van der Waals surface area contributed by atoms with Crippen molar-refractivity contribution in [2.24, 2.45) is 23.7 Å². The van der Waals surface area contributed by atoms with Crippen LogP contribution in [-0.2, 0) is 31.7 Å². The highest BCUT2D eigenvalue weighted by molar-refractivity contribution is 7.10. The highest BCUT2D eigenvalue weighted by atomic mass is 32.1. The second-order valence-corrected chi connectivity index (χ2v) is 16.9. The molecular weight excluding hydrogens is 716 g/mol. The molecule has 2 aromatic rings. The number of likely N-dealkylation sites (tertiary alicyclic amines) is 1. The third kappa shape index (κ3) is 11.5. The van der Waals surface area contributed by atoms with Crippen LogP contribution in [-0.4, -0.2) is 81.6 Å². The van der Waals surface area contributed by atoms with Gasteiger partial charge < -0.3 is 15.0 Å². The predicted molar refractivity (Wildman–Crippen MR) is 195 cm³/mol. The molecule has 1 saturated carbocycles. The number of aromatic nitrogens is 2. The molecule has 2 aliphatic rings. The van der Waals surface area contributed by atoms with Crippen molar-refractivity contribution in [1.29, 1.82) is 0 Å². The molecule has 10 nitrogen and oxygen atoms in total. The number of rotatable bonds is 18. The molecule has 1 aliphatic carbocycles. The smallest absolute Gasteiger partial charge is 0.434 e. The molecule has 0 spiro atoms. The van der Waals surface area contributed by atoms with Crippen LogP contribution in [0.25, 0.3) is 0 Å². The fourth-order valence-electron chi connectivity index (χ4n) is 7.27. The van der Waals surface area contributed by atoms with Crippen molar-refractivity contribution < 1.29 is 37.1 Å². The molecule has 0 unspecified atom stereocenters. The number of amides is 2. The van der Waals surface area contributed by atoms with Crippen LogP contribution in [0.15, 0.2) is 10.8 Å². The first kappa shape index (κ1) is 41.8. The maximum atomic E-state index is 14.2. The van der Waals surface area contributed by atoms with E-state index < -0.39 is 41.8 Å². The topological polar surface area (TPSA) is 122 Å². The number of esters is 1. The lowest BCUT2D eigenvalue weighted by atomic mass is 9.88. The van der Waals surface area contributed by atoms with Crippen LogP contribution in [0.2, 0.25) is 0 Å². The van der Waals surface area contributed by atoms with Crippen molar-refractivity contribution in [2.75, 3.05) is 20.1 Å². The summed E-state index contributed by atoms with van der Waals surface area (Å²) in [5.41, 5.74) is -0.850. The summed E-state index contributed by atoms with van der Waals surface area (Å²) in [5.74, 6) is -1.06. The lowest BCUT2D eigenvalue weighted by molar-refractivity contribution is -0.149. The number of carbonyl (C=O) groups excluding carboxylic acids is 4. The predicted octanol–water partition coefficient (Wildman–Crippen LogP) is 7.34. The van der Waals surface area contributed by atoms with E-state index in [2.05, 4.69) is 27.1 Å². The van der Waals surface area contributed by atoms with Gasteiger partial charge in [0, 0.05) is 62.0 Å². The van der Waals surface area contributed by atoms with Gasteiger partial charge in [-0.2, -0.15) is 13.2 Å². The normalized spacial score (nSPS) is 19.3. The third-order valence-electron chi connectivity index (χ3n) is 10.1. The van der Waals surface area contributed by atoms with E-state index in [0.29, 0.717) is 11.4 Å². The fraction of sp³-hybridized carbons (Fsp3) is 0.730. The van der Waals surface area contributed by atoms with E-state index >= 15 is 0 Å². The molecule has 290 valence electrons. The SMILES string of the molecule is CCN1CCCC[C@@H]1C(=O)C[C@H](C(=O)N(C)[C@H](C[C@@H](OC(C)=O)c1nc(C(=O)N[C@@H](Cc2nc(C(F)(F)F)cs2)CC(C)C)cs1)C(C)C)C1CC1. The molecule has 1 saturated heterocycles. The molecule has 0 aromatic carbocycles. The average molecular weight is 770 g/mol. The summed E-state index contributed by atoms with van der Waals surface area (Å²) in [7, 11) is 1.76. The van der Waals surface area contributed by atoms with Gasteiger partial charge in [-0.3, -0.25) is 24.1 Å². The van der Waals surface area contributed by atoms with Crippen molar-refractivity contribution in [1.82, 2.24) is 25.1 Å². The molecule has 2 amide bonds. The fourth-order valence-corrected chi connectivity index (χ4v) is 8.99. The molecule has 5 atom stereocenters. The van der Waals surface area contributed by atoms with Gasteiger partial charge in [-0.05, 0) is 62.9 Å². The van der Waals surface area contributed by atoms with E-state index in [-0.39, 0.29) is 71.5 Å². The van der Waals surface area contributed by atoms with E-state index in [0.717, 1.165) is 73.2 Å². The summed E-state index contributed by atoms with van der Waals surface area (Å²) in [5, 5.41) is 6.13. The van der Waals surface area contributed by atoms with Crippen molar-refractivity contribution >= 4 is 46.2 Å². The number of Topliss-reactive ketones (excluding diaryl/α,β-unsaturated/α-hetero) is 1. The van der Waals surface area contributed by atoms with Crippen LogP contribution in [0.5, 0.6) is 0 Å². The molecule has 1 aliphatic heterocycles. The van der Waals surface area contributed by atoms with Crippen molar-refractivity contribution in [3.63, 3.8) is 0 Å². The van der Waals surface area contributed by atoms with Gasteiger partial charge in [0.25, 0.3) is 5.91 Å². The van der Waals surface area contributed by atoms with Crippen LogP contribution >= 0.6 is 22.7 Å². The monoisotopic (exact) mass is 769 g/mol. The third-order valence-corrected chi connectivity index (χ3v) is 11.9. The molecule has 2 aromatic heterocycles. The summed E-state index contributed by atoms with van der Waals surface area (Å²) in [6.45, 7) is 13.0. The number of ketones is 1. The second kappa shape index (κ2) is 18.4. The average Bonchev–Trinajstić information content (AvgIpc) is 3.57. The van der Waals surface area contributed by atoms with Gasteiger partial charge in [-0.25, -0.2) is 9.97 Å². The number of thiazole rings is 2. The standard InChI is InChI=1S/C37H54F3N5O5S2/c1-8-45-14-10-9-11-28(45)30(47)17-26(24-12-13-24)36(49)44(7)29(22(4)5)18-31(50-23(6)46)35-42-27(19-52-35)34(48)41-25(15-21(2)3)16-33-43-32(20-51-33)37(38,39)40/h19-22,24-26,28-29,31H,8-18H2,1-7H3,(H,41,48)/t25-,26+,28-,29-,31-/m1/s1. The highest BCUT2D eigenvalue weighted by Crippen LogP contribution is 2.41. The number of likely N-dealkylation sites (N-methyl/N-ethyl adjacent to an activating group) is 1. The molecular formula is C37H54F3N5O5S2. The molecule has 15 heteroatoms. The number of nitrogens with one attached hydrogen (secondary N) is 1.